The van der Waals surface area contributed by atoms with Gasteiger partial charge in [0, 0.05) is 16.8 Å². The molecule has 28 heavy (non-hydrogen) atoms. The summed E-state index contributed by atoms with van der Waals surface area (Å²) in [6.45, 7) is 0. The van der Waals surface area contributed by atoms with Gasteiger partial charge in [-0.15, -0.1) is 0 Å². The third kappa shape index (κ3) is 4.52. The number of rotatable bonds is 5. The van der Waals surface area contributed by atoms with Gasteiger partial charge >= 0.3 is 5.97 Å². The second-order valence-corrected chi connectivity index (χ2v) is 6.19. The highest BCUT2D eigenvalue weighted by Crippen LogP contribution is 2.27. The Bertz CT molecular complexity index is 1040. The van der Waals surface area contributed by atoms with Gasteiger partial charge in [0.05, 0.1) is 6.21 Å². The molecule has 0 atom stereocenters. The molecule has 0 heterocycles. The first-order valence-corrected chi connectivity index (χ1v) is 8.77. The third-order valence-electron chi connectivity index (χ3n) is 3.93. The molecule has 140 valence electrons. The number of anilines is 1. The minimum Gasteiger partial charge on any atom is -0.506 e. The molecule has 7 heteroatoms. The van der Waals surface area contributed by atoms with E-state index in [9.17, 15) is 9.90 Å². The molecule has 4 N–H and O–H groups in total. The van der Waals surface area contributed by atoms with Crippen LogP contribution in [0.4, 0.5) is 5.69 Å². The summed E-state index contributed by atoms with van der Waals surface area (Å²) in [5, 5.41) is 26.3. The average Bonchev–Trinajstić information content (AvgIpc) is 2.70. The Morgan fingerprint density at radius 3 is 2.43 bits per heavy atom. The summed E-state index contributed by atoms with van der Waals surface area (Å²) in [5.74, 6) is -1.57. The number of carbonyl (C=O) groups is 1. The highest BCUT2D eigenvalue weighted by Gasteiger charge is 2.11. The summed E-state index contributed by atoms with van der Waals surface area (Å²) in [6.07, 6.45) is 1.30. The van der Waals surface area contributed by atoms with Crippen LogP contribution >= 0.6 is 12.2 Å². The highest BCUT2D eigenvalue weighted by molar-refractivity contribution is 7.80. The zero-order valence-corrected chi connectivity index (χ0v) is 15.5. The first-order valence-electron chi connectivity index (χ1n) is 8.36. The smallest absolute Gasteiger partial charge is 0.339 e. The van der Waals surface area contributed by atoms with E-state index in [4.69, 9.17) is 17.3 Å². The van der Waals surface area contributed by atoms with Crippen molar-refractivity contribution in [1.29, 1.82) is 0 Å². The van der Waals surface area contributed by atoms with E-state index in [-0.39, 0.29) is 22.0 Å². The molecule has 0 aliphatic rings. The van der Waals surface area contributed by atoms with Gasteiger partial charge in [-0.2, -0.15) is 5.10 Å². The van der Waals surface area contributed by atoms with Gasteiger partial charge in [-0.3, -0.25) is 5.43 Å². The number of nitrogens with one attached hydrogen (secondary N) is 2. The lowest BCUT2D eigenvalue weighted by Gasteiger charge is -2.12. The average molecular weight is 391 g/mol. The van der Waals surface area contributed by atoms with Crippen molar-refractivity contribution in [3.63, 3.8) is 0 Å². The molecule has 0 unspecified atom stereocenters. The second-order valence-electron chi connectivity index (χ2n) is 5.78. The van der Waals surface area contributed by atoms with Crippen LogP contribution in [0.15, 0.2) is 77.9 Å². The molecule has 0 spiro atoms. The van der Waals surface area contributed by atoms with Crippen molar-refractivity contribution in [2.75, 3.05) is 5.32 Å². The number of carboxylic acid groups (broad SMARTS) is 1. The largest absolute Gasteiger partial charge is 0.506 e. The van der Waals surface area contributed by atoms with Crippen molar-refractivity contribution in [3.05, 3.63) is 83.9 Å². The summed E-state index contributed by atoms with van der Waals surface area (Å²) in [5.41, 5.74) is 5.59. The van der Waals surface area contributed by atoms with Crippen molar-refractivity contribution in [1.82, 2.24) is 5.43 Å². The molecule has 0 saturated heterocycles. The van der Waals surface area contributed by atoms with E-state index >= 15 is 0 Å². The van der Waals surface area contributed by atoms with Crippen LogP contribution in [-0.2, 0) is 0 Å². The Kier molecular flexibility index (Phi) is 5.98. The molecule has 0 fully saturated rings. The molecule has 0 bridgehead atoms. The summed E-state index contributed by atoms with van der Waals surface area (Å²) >= 11 is 5.27. The van der Waals surface area contributed by atoms with Crippen LogP contribution in [-0.4, -0.2) is 27.5 Å². The Morgan fingerprint density at radius 2 is 1.68 bits per heavy atom. The van der Waals surface area contributed by atoms with E-state index in [1.807, 2.05) is 54.6 Å². The van der Waals surface area contributed by atoms with Crippen LogP contribution in [0.2, 0.25) is 0 Å². The molecule has 3 aromatic carbocycles. The molecule has 3 aromatic rings. The summed E-state index contributed by atoms with van der Waals surface area (Å²) in [7, 11) is 0. The van der Waals surface area contributed by atoms with E-state index < -0.39 is 5.97 Å². The van der Waals surface area contributed by atoms with Gasteiger partial charge in [0.15, 0.2) is 5.11 Å². The Labute approximate surface area is 167 Å². The predicted octanol–water partition coefficient (Wildman–Crippen LogP) is 4.08. The standard InChI is InChI=1S/C21H17N3O3S/c25-19-15(9-6-11-17(19)20(26)27)13-22-24-21(28)23-18-12-5-4-10-16(18)14-7-2-1-3-8-14/h1-13,25H,(H,26,27)(H2,23,24,28)/b22-13+. The van der Waals surface area contributed by atoms with Gasteiger partial charge in [-0.25, -0.2) is 4.79 Å². The maximum Gasteiger partial charge on any atom is 0.339 e. The number of para-hydroxylation sites is 2. The summed E-state index contributed by atoms with van der Waals surface area (Å²) < 4.78 is 0. The van der Waals surface area contributed by atoms with Crippen LogP contribution in [0, 0.1) is 0 Å². The quantitative estimate of drug-likeness (QED) is 0.297. The molecular weight excluding hydrogens is 374 g/mol. The first-order chi connectivity index (χ1) is 13.6. The van der Waals surface area contributed by atoms with Crippen LogP contribution in [0.1, 0.15) is 15.9 Å². The van der Waals surface area contributed by atoms with Crippen LogP contribution in [0.3, 0.4) is 0 Å². The van der Waals surface area contributed by atoms with Gasteiger partial charge in [-0.1, -0.05) is 54.6 Å². The fourth-order valence-electron chi connectivity index (χ4n) is 2.61. The first kappa shape index (κ1) is 19.1. The van der Waals surface area contributed by atoms with Crippen molar-refractivity contribution in [2.45, 2.75) is 0 Å². The van der Waals surface area contributed by atoms with Gasteiger partial charge < -0.3 is 15.5 Å². The SMILES string of the molecule is O=C(O)c1cccc(/C=N/NC(=S)Nc2ccccc2-c2ccccc2)c1O. The van der Waals surface area contributed by atoms with Gasteiger partial charge in [-0.05, 0) is 36.0 Å². The van der Waals surface area contributed by atoms with Crippen molar-refractivity contribution in [2.24, 2.45) is 5.10 Å². The van der Waals surface area contributed by atoms with E-state index in [1.54, 1.807) is 6.07 Å². The molecule has 0 aliphatic heterocycles. The minimum absolute atomic E-state index is 0.193. The zero-order chi connectivity index (χ0) is 19.9. The molecule has 0 aromatic heterocycles. The van der Waals surface area contributed by atoms with Crippen molar-refractivity contribution < 1.29 is 15.0 Å². The second kappa shape index (κ2) is 8.79. The van der Waals surface area contributed by atoms with Gasteiger partial charge in [0.2, 0.25) is 0 Å². The Hall–Kier alpha value is -3.71. The number of hydrogen-bond acceptors (Lipinski definition) is 4. The molecular formula is C21H17N3O3S. The van der Waals surface area contributed by atoms with E-state index in [1.165, 1.54) is 18.3 Å². The fourth-order valence-corrected chi connectivity index (χ4v) is 2.77. The van der Waals surface area contributed by atoms with Crippen molar-refractivity contribution >= 4 is 35.2 Å². The number of carboxylic acids is 1. The number of aromatic carboxylic acids is 1. The number of nitrogens with zero attached hydrogens (tertiary/aromatic N) is 1. The molecule has 0 amide bonds. The Morgan fingerprint density at radius 1 is 0.964 bits per heavy atom. The maximum absolute atomic E-state index is 11.1. The fraction of sp³-hybridized carbons (Fsp3) is 0. The van der Waals surface area contributed by atoms with Crippen LogP contribution in [0.25, 0.3) is 11.1 Å². The summed E-state index contributed by atoms with van der Waals surface area (Å²) in [4.78, 5) is 11.1. The topological polar surface area (TPSA) is 94.0 Å². The van der Waals surface area contributed by atoms with E-state index in [0.29, 0.717) is 0 Å². The maximum atomic E-state index is 11.1. The molecule has 0 radical (unpaired) electrons. The normalized spacial score (nSPS) is 10.6. The Balaban J connectivity index is 1.70. The predicted molar refractivity (Wildman–Crippen MR) is 114 cm³/mol. The van der Waals surface area contributed by atoms with Gasteiger partial charge in [0.1, 0.15) is 11.3 Å². The number of thiocarbonyl (C=S) groups is 1. The number of aromatic hydroxyl groups is 1. The van der Waals surface area contributed by atoms with E-state index in [0.717, 1.165) is 16.8 Å². The lowest BCUT2D eigenvalue weighted by atomic mass is 10.0. The number of hydrazone groups is 1. The van der Waals surface area contributed by atoms with Crippen LogP contribution < -0.4 is 10.7 Å². The summed E-state index contributed by atoms with van der Waals surface area (Å²) in [6, 6.07) is 22.0. The lowest BCUT2D eigenvalue weighted by molar-refractivity contribution is 0.0693. The third-order valence-corrected chi connectivity index (χ3v) is 4.12. The number of phenols is 1. The minimum atomic E-state index is -1.21. The molecule has 0 aliphatic carbocycles. The number of hydrogen-bond donors (Lipinski definition) is 4. The highest BCUT2D eigenvalue weighted by atomic mass is 32.1. The van der Waals surface area contributed by atoms with Crippen molar-refractivity contribution in [3.8, 4) is 16.9 Å². The van der Waals surface area contributed by atoms with Crippen LogP contribution in [0.5, 0.6) is 5.75 Å². The monoisotopic (exact) mass is 391 g/mol. The number of benzene rings is 3. The molecule has 6 nitrogen and oxygen atoms in total. The lowest BCUT2D eigenvalue weighted by Crippen LogP contribution is -2.24. The van der Waals surface area contributed by atoms with Gasteiger partial charge in [0.25, 0.3) is 0 Å². The zero-order valence-electron chi connectivity index (χ0n) is 14.7. The molecule has 0 saturated carbocycles. The van der Waals surface area contributed by atoms with E-state index in [2.05, 4.69) is 15.8 Å². The molecule has 3 rings (SSSR count).